The summed E-state index contributed by atoms with van der Waals surface area (Å²) in [7, 11) is 0. The third-order valence-corrected chi connectivity index (χ3v) is 4.07. The number of nitrogens with zero attached hydrogens (tertiary/aromatic N) is 2. The predicted molar refractivity (Wildman–Crippen MR) is 95.1 cm³/mol. The molecule has 0 aliphatic heterocycles. The molecule has 2 aromatic carbocycles. The Bertz CT molecular complexity index is 719. The van der Waals surface area contributed by atoms with Gasteiger partial charge < -0.3 is 5.11 Å². The summed E-state index contributed by atoms with van der Waals surface area (Å²) in [5.41, 5.74) is 1.87. The van der Waals surface area contributed by atoms with Gasteiger partial charge in [0.25, 0.3) is 0 Å². The second-order valence-corrected chi connectivity index (χ2v) is 7.63. The Morgan fingerprint density at radius 1 is 0.955 bits per heavy atom. The zero-order chi connectivity index (χ0) is 16.5. The van der Waals surface area contributed by atoms with E-state index in [0.29, 0.717) is 25.9 Å². The minimum atomic E-state index is -0.0696. The van der Waals surface area contributed by atoms with Gasteiger partial charge in [-0.15, -0.1) is 5.11 Å². The van der Waals surface area contributed by atoms with Gasteiger partial charge in [0.05, 0.1) is 10.2 Å². The summed E-state index contributed by atoms with van der Waals surface area (Å²) in [5.74, 6) is 0.0462. The van der Waals surface area contributed by atoms with Crippen molar-refractivity contribution in [2.75, 3.05) is 0 Å². The van der Waals surface area contributed by atoms with Gasteiger partial charge >= 0.3 is 0 Å². The molecule has 0 spiro atoms. The van der Waals surface area contributed by atoms with Gasteiger partial charge in [0.2, 0.25) is 0 Å². The molecule has 0 saturated heterocycles. The van der Waals surface area contributed by atoms with Crippen LogP contribution in [0.3, 0.4) is 0 Å². The summed E-state index contributed by atoms with van der Waals surface area (Å²) in [5, 5.41) is 19.3. The summed E-state index contributed by atoms with van der Waals surface area (Å²) in [4.78, 5) is 0. The molecule has 0 bridgehead atoms. The van der Waals surface area contributed by atoms with Gasteiger partial charge in [-0.3, -0.25) is 0 Å². The fraction of sp³-hybridized carbons (Fsp3) is 0.250. The van der Waals surface area contributed by atoms with Gasteiger partial charge in [-0.05, 0) is 57.2 Å². The van der Waals surface area contributed by atoms with Crippen LogP contribution in [0.2, 0.25) is 10.0 Å². The standard InChI is InChI=1S/C16H15BrCl2N2O/c1-16(2,3)9-4-13(17)15(22)14(5-9)21-20-12-7-10(18)6-11(19)8-12/h4-8,22H,1-3H3. The third-order valence-electron chi connectivity index (χ3n) is 3.03. The maximum Gasteiger partial charge on any atom is 0.157 e. The van der Waals surface area contributed by atoms with E-state index >= 15 is 0 Å². The number of phenols is 1. The Labute approximate surface area is 148 Å². The van der Waals surface area contributed by atoms with E-state index in [9.17, 15) is 5.11 Å². The average molecular weight is 402 g/mol. The number of hydrogen-bond acceptors (Lipinski definition) is 3. The van der Waals surface area contributed by atoms with Gasteiger partial charge in [0.15, 0.2) is 5.75 Å². The number of phenolic OH excluding ortho intramolecular Hbond substituents is 1. The number of hydrogen-bond donors (Lipinski definition) is 1. The van der Waals surface area contributed by atoms with Crippen molar-refractivity contribution in [2.24, 2.45) is 10.2 Å². The largest absolute Gasteiger partial charge is 0.505 e. The van der Waals surface area contributed by atoms with Crippen LogP contribution < -0.4 is 0 Å². The fourth-order valence-electron chi connectivity index (χ4n) is 1.80. The minimum Gasteiger partial charge on any atom is -0.505 e. The van der Waals surface area contributed by atoms with Crippen LogP contribution in [0.25, 0.3) is 0 Å². The molecule has 1 N–H and O–H groups in total. The fourth-order valence-corrected chi connectivity index (χ4v) is 2.77. The first kappa shape index (κ1) is 17.3. The van der Waals surface area contributed by atoms with Crippen molar-refractivity contribution in [1.29, 1.82) is 0 Å². The molecule has 116 valence electrons. The second kappa shape index (κ2) is 6.57. The van der Waals surface area contributed by atoms with E-state index in [4.69, 9.17) is 23.2 Å². The molecular weight excluding hydrogens is 387 g/mol. The van der Waals surface area contributed by atoms with Crippen LogP contribution in [-0.2, 0) is 5.41 Å². The molecule has 0 atom stereocenters. The molecule has 2 aromatic rings. The highest BCUT2D eigenvalue weighted by Crippen LogP contribution is 2.39. The number of azo groups is 1. The van der Waals surface area contributed by atoms with Crippen LogP contribution in [0.4, 0.5) is 11.4 Å². The smallest absolute Gasteiger partial charge is 0.157 e. The molecule has 22 heavy (non-hydrogen) atoms. The van der Waals surface area contributed by atoms with Gasteiger partial charge in [0.1, 0.15) is 5.69 Å². The van der Waals surface area contributed by atoms with E-state index in [1.54, 1.807) is 18.2 Å². The average Bonchev–Trinajstić information content (AvgIpc) is 2.38. The zero-order valence-electron chi connectivity index (χ0n) is 12.4. The highest BCUT2D eigenvalue weighted by Gasteiger charge is 2.18. The molecular formula is C16H15BrCl2N2O. The van der Waals surface area contributed by atoms with Crippen molar-refractivity contribution in [2.45, 2.75) is 26.2 Å². The lowest BCUT2D eigenvalue weighted by atomic mass is 9.87. The SMILES string of the molecule is CC(C)(C)c1cc(Br)c(O)c(N=Nc2cc(Cl)cc(Cl)c2)c1. The van der Waals surface area contributed by atoms with E-state index in [1.807, 2.05) is 12.1 Å². The van der Waals surface area contributed by atoms with E-state index < -0.39 is 0 Å². The minimum absolute atomic E-state index is 0.0462. The molecule has 0 amide bonds. The summed E-state index contributed by atoms with van der Waals surface area (Å²) in [6, 6.07) is 8.62. The Hall–Kier alpha value is -1.10. The monoisotopic (exact) mass is 400 g/mol. The lowest BCUT2D eigenvalue weighted by molar-refractivity contribution is 0.471. The van der Waals surface area contributed by atoms with Crippen LogP contribution >= 0.6 is 39.1 Å². The lowest BCUT2D eigenvalue weighted by Crippen LogP contribution is -2.10. The lowest BCUT2D eigenvalue weighted by Gasteiger charge is -2.20. The molecule has 0 unspecified atom stereocenters. The van der Waals surface area contributed by atoms with Gasteiger partial charge in [0, 0.05) is 10.0 Å². The van der Waals surface area contributed by atoms with Crippen molar-refractivity contribution < 1.29 is 5.11 Å². The number of aromatic hydroxyl groups is 1. The molecule has 0 radical (unpaired) electrons. The van der Waals surface area contributed by atoms with Gasteiger partial charge in [-0.25, -0.2) is 0 Å². The van der Waals surface area contributed by atoms with Crippen LogP contribution in [0.15, 0.2) is 45.0 Å². The maximum atomic E-state index is 10.1. The Balaban J connectivity index is 2.44. The van der Waals surface area contributed by atoms with Crippen molar-refractivity contribution in [3.05, 3.63) is 50.4 Å². The van der Waals surface area contributed by atoms with Crippen molar-refractivity contribution in [1.82, 2.24) is 0 Å². The number of benzene rings is 2. The quantitative estimate of drug-likeness (QED) is 0.532. The van der Waals surface area contributed by atoms with Crippen LogP contribution in [-0.4, -0.2) is 5.11 Å². The number of halogens is 3. The van der Waals surface area contributed by atoms with E-state index in [0.717, 1.165) is 5.56 Å². The molecule has 0 aliphatic carbocycles. The van der Waals surface area contributed by atoms with Crippen LogP contribution in [0.1, 0.15) is 26.3 Å². The molecule has 0 saturated carbocycles. The first-order valence-corrected chi connectivity index (χ1v) is 8.12. The van der Waals surface area contributed by atoms with Crippen LogP contribution in [0.5, 0.6) is 5.75 Å². The van der Waals surface area contributed by atoms with Crippen molar-refractivity contribution >= 4 is 50.5 Å². The summed E-state index contributed by atoms with van der Waals surface area (Å²) in [6.45, 7) is 6.26. The zero-order valence-corrected chi connectivity index (χ0v) is 15.5. The molecule has 6 heteroatoms. The third kappa shape index (κ3) is 4.22. The highest BCUT2D eigenvalue weighted by molar-refractivity contribution is 9.10. The van der Waals surface area contributed by atoms with Crippen LogP contribution in [0, 0.1) is 0 Å². The topological polar surface area (TPSA) is 45.0 Å². The second-order valence-electron chi connectivity index (χ2n) is 5.90. The molecule has 0 aliphatic rings. The molecule has 0 fully saturated rings. The Kier molecular flexibility index (Phi) is 5.15. The van der Waals surface area contributed by atoms with Crippen molar-refractivity contribution in [3.63, 3.8) is 0 Å². The highest BCUT2D eigenvalue weighted by atomic mass is 79.9. The summed E-state index contributed by atoms with van der Waals surface area (Å²) in [6.07, 6.45) is 0. The van der Waals surface area contributed by atoms with Crippen molar-refractivity contribution in [3.8, 4) is 5.75 Å². The molecule has 0 heterocycles. The first-order chi connectivity index (χ1) is 10.2. The molecule has 2 rings (SSSR count). The Morgan fingerprint density at radius 3 is 2.09 bits per heavy atom. The maximum absolute atomic E-state index is 10.1. The van der Waals surface area contributed by atoms with E-state index in [2.05, 4.69) is 46.9 Å². The predicted octanol–water partition coefficient (Wildman–Crippen LogP) is 7.17. The summed E-state index contributed by atoms with van der Waals surface area (Å²) < 4.78 is 0.581. The van der Waals surface area contributed by atoms with E-state index in [-0.39, 0.29) is 11.2 Å². The number of rotatable bonds is 2. The van der Waals surface area contributed by atoms with Gasteiger partial charge in [-0.2, -0.15) is 5.11 Å². The normalized spacial score (nSPS) is 12.1. The Morgan fingerprint density at radius 2 is 1.55 bits per heavy atom. The molecule has 3 nitrogen and oxygen atoms in total. The van der Waals surface area contributed by atoms with Gasteiger partial charge in [-0.1, -0.05) is 44.0 Å². The first-order valence-electron chi connectivity index (χ1n) is 6.57. The molecule has 0 aromatic heterocycles. The summed E-state index contributed by atoms with van der Waals surface area (Å²) >= 11 is 15.2. The van der Waals surface area contributed by atoms with E-state index in [1.165, 1.54) is 0 Å².